The van der Waals surface area contributed by atoms with Crippen LogP contribution in [0.2, 0.25) is 0 Å². The number of amides is 1. The summed E-state index contributed by atoms with van der Waals surface area (Å²) in [5, 5.41) is 0. The van der Waals surface area contributed by atoms with Gasteiger partial charge in [-0.1, -0.05) is 13.8 Å². The van der Waals surface area contributed by atoms with Gasteiger partial charge in [-0.15, -0.1) is 0 Å². The van der Waals surface area contributed by atoms with Gasteiger partial charge in [0, 0.05) is 19.5 Å². The highest BCUT2D eigenvalue weighted by molar-refractivity contribution is 5.73. The van der Waals surface area contributed by atoms with Gasteiger partial charge < -0.3 is 4.90 Å². The highest BCUT2D eigenvalue weighted by atomic mass is 16.2. The minimum Gasteiger partial charge on any atom is -0.340 e. The lowest BCUT2D eigenvalue weighted by molar-refractivity contribution is -0.129. The lowest BCUT2D eigenvalue weighted by Gasteiger charge is -2.24. The van der Waals surface area contributed by atoms with E-state index in [1.807, 2.05) is 4.90 Å². The van der Waals surface area contributed by atoms with Crippen LogP contribution in [0, 0.1) is 5.92 Å². The van der Waals surface area contributed by atoms with Gasteiger partial charge in [0.2, 0.25) is 5.91 Å². The quantitative estimate of drug-likeness (QED) is 0.619. The van der Waals surface area contributed by atoms with Crippen LogP contribution in [0.25, 0.3) is 0 Å². The van der Waals surface area contributed by atoms with Gasteiger partial charge in [-0.3, -0.25) is 4.79 Å². The maximum absolute atomic E-state index is 11.2. The molecule has 0 spiro atoms. The fraction of sp³-hybridized carbons (Fsp3) is 0.900. The Morgan fingerprint density at radius 1 is 1.58 bits per heavy atom. The van der Waals surface area contributed by atoms with Crippen molar-refractivity contribution < 1.29 is 4.79 Å². The summed E-state index contributed by atoms with van der Waals surface area (Å²) in [5.41, 5.74) is 0. The van der Waals surface area contributed by atoms with Crippen molar-refractivity contribution in [2.75, 3.05) is 6.54 Å². The number of rotatable bonds is 2. The summed E-state index contributed by atoms with van der Waals surface area (Å²) < 4.78 is 0. The van der Waals surface area contributed by atoms with Gasteiger partial charge in [0.05, 0.1) is 0 Å². The second kappa shape index (κ2) is 3.92. The van der Waals surface area contributed by atoms with Gasteiger partial charge in [0.15, 0.2) is 0 Å². The molecule has 0 saturated carbocycles. The monoisotopic (exact) mass is 169 g/mol. The SMILES string of the molecule is CC(=O)N1CCCC1CC(C)C. The van der Waals surface area contributed by atoms with Crippen molar-refractivity contribution in [1.82, 2.24) is 4.90 Å². The highest BCUT2D eigenvalue weighted by Gasteiger charge is 2.26. The number of hydrogen-bond acceptors (Lipinski definition) is 1. The molecule has 70 valence electrons. The van der Waals surface area contributed by atoms with E-state index >= 15 is 0 Å². The molecule has 2 heteroatoms. The first-order valence-corrected chi connectivity index (χ1v) is 4.88. The van der Waals surface area contributed by atoms with Gasteiger partial charge in [-0.2, -0.15) is 0 Å². The van der Waals surface area contributed by atoms with Crippen LogP contribution in [-0.2, 0) is 4.79 Å². The zero-order valence-electron chi connectivity index (χ0n) is 8.34. The zero-order valence-corrected chi connectivity index (χ0v) is 8.34. The van der Waals surface area contributed by atoms with Gasteiger partial charge in [0.1, 0.15) is 0 Å². The molecule has 1 aliphatic heterocycles. The predicted molar refractivity (Wildman–Crippen MR) is 49.9 cm³/mol. The minimum atomic E-state index is 0.248. The average molecular weight is 169 g/mol. The fourth-order valence-corrected chi connectivity index (χ4v) is 2.04. The Morgan fingerprint density at radius 2 is 2.25 bits per heavy atom. The Balaban J connectivity index is 2.46. The third-order valence-corrected chi connectivity index (χ3v) is 2.53. The highest BCUT2D eigenvalue weighted by Crippen LogP contribution is 2.22. The molecule has 2 nitrogen and oxygen atoms in total. The topological polar surface area (TPSA) is 20.3 Å². The Labute approximate surface area is 74.9 Å². The van der Waals surface area contributed by atoms with Crippen LogP contribution in [-0.4, -0.2) is 23.4 Å². The number of carbonyl (C=O) groups is 1. The largest absolute Gasteiger partial charge is 0.340 e. The van der Waals surface area contributed by atoms with Gasteiger partial charge in [-0.25, -0.2) is 0 Å². The van der Waals surface area contributed by atoms with E-state index in [1.165, 1.54) is 19.3 Å². The standard InChI is InChI=1S/C10H19NO/c1-8(2)7-10-5-4-6-11(10)9(3)12/h8,10H,4-7H2,1-3H3. The number of likely N-dealkylation sites (tertiary alicyclic amines) is 1. The van der Waals surface area contributed by atoms with Crippen LogP contribution in [0.4, 0.5) is 0 Å². The van der Waals surface area contributed by atoms with E-state index in [4.69, 9.17) is 0 Å². The third kappa shape index (κ3) is 2.23. The maximum atomic E-state index is 11.2. The van der Waals surface area contributed by atoms with E-state index in [0.29, 0.717) is 12.0 Å². The Bertz CT molecular complexity index is 165. The van der Waals surface area contributed by atoms with E-state index in [0.717, 1.165) is 6.54 Å². The first kappa shape index (κ1) is 9.56. The zero-order chi connectivity index (χ0) is 9.14. The Kier molecular flexibility index (Phi) is 3.12. The van der Waals surface area contributed by atoms with Crippen LogP contribution in [0.3, 0.4) is 0 Å². The Hall–Kier alpha value is -0.530. The molecule has 0 aromatic heterocycles. The molecule has 1 amide bonds. The van der Waals surface area contributed by atoms with Crippen molar-refractivity contribution in [3.05, 3.63) is 0 Å². The van der Waals surface area contributed by atoms with Gasteiger partial charge in [-0.05, 0) is 25.2 Å². The summed E-state index contributed by atoms with van der Waals surface area (Å²) in [5.74, 6) is 0.952. The molecule has 1 rings (SSSR count). The van der Waals surface area contributed by atoms with Crippen LogP contribution >= 0.6 is 0 Å². The summed E-state index contributed by atoms with van der Waals surface area (Å²) in [7, 11) is 0. The third-order valence-electron chi connectivity index (χ3n) is 2.53. The predicted octanol–water partition coefficient (Wildman–Crippen LogP) is 2.04. The van der Waals surface area contributed by atoms with Crippen LogP contribution in [0.5, 0.6) is 0 Å². The van der Waals surface area contributed by atoms with E-state index in [-0.39, 0.29) is 5.91 Å². The molecular weight excluding hydrogens is 150 g/mol. The normalized spacial score (nSPS) is 23.7. The summed E-state index contributed by atoms with van der Waals surface area (Å²) in [6.07, 6.45) is 3.56. The van der Waals surface area contributed by atoms with Crippen molar-refractivity contribution >= 4 is 5.91 Å². The van der Waals surface area contributed by atoms with Crippen LogP contribution in [0.15, 0.2) is 0 Å². The molecule has 1 fully saturated rings. The lowest BCUT2D eigenvalue weighted by Crippen LogP contribution is -2.34. The van der Waals surface area contributed by atoms with Gasteiger partial charge in [0.25, 0.3) is 0 Å². The fourth-order valence-electron chi connectivity index (χ4n) is 2.04. The van der Waals surface area contributed by atoms with E-state index in [9.17, 15) is 4.79 Å². The molecule has 1 saturated heterocycles. The summed E-state index contributed by atoms with van der Waals surface area (Å²) in [4.78, 5) is 13.2. The molecule has 1 heterocycles. The Morgan fingerprint density at radius 3 is 2.75 bits per heavy atom. The maximum Gasteiger partial charge on any atom is 0.219 e. The lowest BCUT2D eigenvalue weighted by atomic mass is 10.0. The van der Waals surface area contributed by atoms with Crippen LogP contribution < -0.4 is 0 Å². The summed E-state index contributed by atoms with van der Waals surface area (Å²) in [6, 6.07) is 0.530. The number of nitrogens with zero attached hydrogens (tertiary/aromatic N) is 1. The smallest absolute Gasteiger partial charge is 0.219 e. The van der Waals surface area contributed by atoms with Crippen molar-refractivity contribution in [2.45, 2.75) is 46.1 Å². The summed E-state index contributed by atoms with van der Waals surface area (Å²) >= 11 is 0. The first-order chi connectivity index (χ1) is 5.61. The second-order valence-electron chi connectivity index (χ2n) is 4.14. The van der Waals surface area contributed by atoms with Gasteiger partial charge >= 0.3 is 0 Å². The molecular formula is C10H19NO. The minimum absolute atomic E-state index is 0.248. The molecule has 0 aromatic carbocycles. The molecule has 1 atom stereocenters. The van der Waals surface area contributed by atoms with Crippen molar-refractivity contribution in [1.29, 1.82) is 0 Å². The molecule has 1 aliphatic rings. The average Bonchev–Trinajstić information content (AvgIpc) is 2.33. The molecule has 0 aromatic rings. The van der Waals surface area contributed by atoms with E-state index < -0.39 is 0 Å². The van der Waals surface area contributed by atoms with Crippen molar-refractivity contribution in [3.63, 3.8) is 0 Å². The van der Waals surface area contributed by atoms with Crippen molar-refractivity contribution in [3.8, 4) is 0 Å². The second-order valence-corrected chi connectivity index (χ2v) is 4.14. The molecule has 0 bridgehead atoms. The van der Waals surface area contributed by atoms with E-state index in [2.05, 4.69) is 13.8 Å². The number of hydrogen-bond donors (Lipinski definition) is 0. The first-order valence-electron chi connectivity index (χ1n) is 4.88. The van der Waals surface area contributed by atoms with Crippen molar-refractivity contribution in [2.24, 2.45) is 5.92 Å². The number of carbonyl (C=O) groups excluding carboxylic acids is 1. The molecule has 12 heavy (non-hydrogen) atoms. The summed E-state index contributed by atoms with van der Waals surface area (Å²) in [6.45, 7) is 7.10. The molecule has 0 aliphatic carbocycles. The molecule has 1 unspecified atom stereocenters. The van der Waals surface area contributed by atoms with Crippen LogP contribution in [0.1, 0.15) is 40.0 Å². The van der Waals surface area contributed by atoms with E-state index in [1.54, 1.807) is 6.92 Å². The molecule has 0 N–H and O–H groups in total. The molecule has 0 radical (unpaired) electrons.